The Morgan fingerprint density at radius 2 is 1.88 bits per heavy atom. The first-order chi connectivity index (χ1) is 20.7. The Labute approximate surface area is 252 Å². The predicted molar refractivity (Wildman–Crippen MR) is 176 cm³/mol. The lowest BCUT2D eigenvalue weighted by Gasteiger charge is -2.25. The minimum absolute atomic E-state index is 0.0140. The number of hydrogen-bond acceptors (Lipinski definition) is 5. The molecule has 222 valence electrons. The second kappa shape index (κ2) is 12.6. The number of nitrogens with one attached hydrogen (secondary N) is 4. The molecule has 0 bridgehead atoms. The summed E-state index contributed by atoms with van der Waals surface area (Å²) in [5, 5.41) is 15.1. The highest BCUT2D eigenvalue weighted by molar-refractivity contribution is 6.15. The Balaban J connectivity index is 1.42. The number of aliphatic imine (C=N–C) groups is 2. The highest BCUT2D eigenvalue weighted by Gasteiger charge is 2.33. The first-order valence-electron chi connectivity index (χ1n) is 14.7. The molecule has 2 amide bonds. The van der Waals surface area contributed by atoms with Crippen LogP contribution < -0.4 is 15.5 Å². The number of benzene rings is 2. The molecule has 0 unspecified atom stereocenters. The average Bonchev–Trinajstić information content (AvgIpc) is 3.58. The van der Waals surface area contributed by atoms with E-state index in [1.54, 1.807) is 24.2 Å². The summed E-state index contributed by atoms with van der Waals surface area (Å²) < 4.78 is 0. The van der Waals surface area contributed by atoms with Gasteiger partial charge in [0.1, 0.15) is 5.84 Å². The number of aromatic amines is 1. The Bertz CT molecular complexity index is 1690. The second-order valence-electron chi connectivity index (χ2n) is 11.5. The molecule has 5 rings (SSSR count). The van der Waals surface area contributed by atoms with Gasteiger partial charge in [-0.05, 0) is 75.9 Å². The number of anilines is 2. The fourth-order valence-corrected chi connectivity index (χ4v) is 5.93. The largest absolute Gasteiger partial charge is 0.392 e. The summed E-state index contributed by atoms with van der Waals surface area (Å²) in [6.45, 7) is 10.1. The van der Waals surface area contributed by atoms with Crippen molar-refractivity contribution in [3.05, 3.63) is 76.6 Å². The van der Waals surface area contributed by atoms with Gasteiger partial charge in [-0.1, -0.05) is 25.1 Å². The number of amidine groups is 1. The quantitative estimate of drug-likeness (QED) is 0.176. The highest BCUT2D eigenvalue weighted by Crippen LogP contribution is 2.39. The topological polar surface area (TPSA) is 126 Å². The number of rotatable bonds is 8. The average molecular weight is 578 g/mol. The molecule has 0 saturated heterocycles. The van der Waals surface area contributed by atoms with Crippen LogP contribution in [0, 0.1) is 17.2 Å². The van der Waals surface area contributed by atoms with E-state index in [0.29, 0.717) is 29.4 Å². The van der Waals surface area contributed by atoms with Gasteiger partial charge >= 0.3 is 0 Å². The number of nitrogens with zero attached hydrogens (tertiary/aromatic N) is 3. The summed E-state index contributed by atoms with van der Waals surface area (Å²) in [4.78, 5) is 40.4. The van der Waals surface area contributed by atoms with Gasteiger partial charge in [-0.25, -0.2) is 4.99 Å². The number of aromatic nitrogens is 1. The molecule has 2 aliphatic rings. The summed E-state index contributed by atoms with van der Waals surface area (Å²) in [6, 6.07) is 11.4. The van der Waals surface area contributed by atoms with Crippen molar-refractivity contribution in [3.63, 3.8) is 0 Å². The van der Waals surface area contributed by atoms with E-state index in [0.717, 1.165) is 64.7 Å². The summed E-state index contributed by atoms with van der Waals surface area (Å²) in [5.41, 5.74) is 6.72. The standard InChI is InChI=1S/C34H39N7O2/c1-20-12-14-23(15-13-20)33(42)40-28-10-6-9-25-27(28)19-41(34(25)43)29-11-7-8-24-26(18-39-32(24)29)31(37-5)21(2)17-38-30(35)16-22(3)36-4/h6-11,16-18,20,23,35-36,39H,5,12-15,19H2,1-4H3,(H,40,42)/b22-16-,31-21-,35-30?,38-17?. The third-order valence-electron chi connectivity index (χ3n) is 8.53. The van der Waals surface area contributed by atoms with Gasteiger partial charge in [-0.2, -0.15) is 0 Å². The third kappa shape index (κ3) is 6.07. The molecule has 0 radical (unpaired) electrons. The number of carbonyl (C=O) groups is 2. The van der Waals surface area contributed by atoms with Crippen LogP contribution in [0.3, 0.4) is 0 Å². The molecule has 4 N–H and O–H groups in total. The van der Waals surface area contributed by atoms with E-state index >= 15 is 0 Å². The number of fused-ring (bicyclic) bond motifs is 2. The van der Waals surface area contributed by atoms with E-state index in [2.05, 4.69) is 39.2 Å². The van der Waals surface area contributed by atoms with Gasteiger partial charge in [-0.15, -0.1) is 0 Å². The van der Waals surface area contributed by atoms with Crippen molar-refractivity contribution < 1.29 is 9.59 Å². The Morgan fingerprint density at radius 3 is 2.60 bits per heavy atom. The number of amides is 2. The Kier molecular flexibility index (Phi) is 8.71. The lowest BCUT2D eigenvalue weighted by molar-refractivity contribution is -0.121. The first-order valence-corrected chi connectivity index (χ1v) is 14.7. The molecule has 1 aliphatic carbocycles. The molecule has 3 aromatic rings. The zero-order valence-corrected chi connectivity index (χ0v) is 25.3. The molecule has 2 heterocycles. The minimum Gasteiger partial charge on any atom is -0.392 e. The maximum absolute atomic E-state index is 13.7. The Morgan fingerprint density at radius 1 is 1.14 bits per heavy atom. The summed E-state index contributed by atoms with van der Waals surface area (Å²) in [6.07, 6.45) is 9.06. The third-order valence-corrected chi connectivity index (χ3v) is 8.53. The van der Waals surface area contributed by atoms with Crippen LogP contribution in [0.1, 0.15) is 67.9 Å². The van der Waals surface area contributed by atoms with Crippen LogP contribution in [0.5, 0.6) is 0 Å². The van der Waals surface area contributed by atoms with E-state index in [4.69, 9.17) is 5.41 Å². The molecule has 0 atom stereocenters. The smallest absolute Gasteiger partial charge is 0.259 e. The fraction of sp³-hybridized carbons (Fsp3) is 0.324. The predicted octanol–water partition coefficient (Wildman–Crippen LogP) is 6.70. The van der Waals surface area contributed by atoms with Crippen LogP contribution >= 0.6 is 0 Å². The molecule has 1 saturated carbocycles. The molecule has 1 fully saturated rings. The van der Waals surface area contributed by atoms with Crippen molar-refractivity contribution in [2.24, 2.45) is 21.8 Å². The maximum Gasteiger partial charge on any atom is 0.259 e. The van der Waals surface area contributed by atoms with Crippen LogP contribution in [0.2, 0.25) is 0 Å². The van der Waals surface area contributed by atoms with Gasteiger partial charge in [0.15, 0.2) is 0 Å². The number of hydrogen-bond donors (Lipinski definition) is 4. The highest BCUT2D eigenvalue weighted by atomic mass is 16.2. The van der Waals surface area contributed by atoms with Gasteiger partial charge in [0.05, 0.1) is 23.4 Å². The first kappa shape index (κ1) is 29.7. The zero-order chi connectivity index (χ0) is 30.7. The minimum atomic E-state index is -0.106. The van der Waals surface area contributed by atoms with Crippen LogP contribution in [-0.4, -0.2) is 42.6 Å². The van der Waals surface area contributed by atoms with Crippen molar-refractivity contribution in [1.29, 1.82) is 5.41 Å². The van der Waals surface area contributed by atoms with Crippen molar-refractivity contribution >= 4 is 58.6 Å². The Hall–Kier alpha value is -4.79. The van der Waals surface area contributed by atoms with Crippen molar-refractivity contribution in [1.82, 2.24) is 10.3 Å². The number of carbonyl (C=O) groups excluding carboxylic acids is 2. The summed E-state index contributed by atoms with van der Waals surface area (Å²) in [5.74, 6) is 0.737. The van der Waals surface area contributed by atoms with Gasteiger partial charge in [0.2, 0.25) is 5.91 Å². The summed E-state index contributed by atoms with van der Waals surface area (Å²) in [7, 11) is 1.79. The molecule has 0 spiro atoms. The van der Waals surface area contributed by atoms with Gasteiger partial charge < -0.3 is 20.5 Å². The van der Waals surface area contributed by atoms with Crippen molar-refractivity contribution in [2.45, 2.75) is 53.0 Å². The van der Waals surface area contributed by atoms with Crippen LogP contribution in [0.4, 0.5) is 11.4 Å². The fourth-order valence-electron chi connectivity index (χ4n) is 5.93. The van der Waals surface area contributed by atoms with E-state index < -0.39 is 0 Å². The molecular formula is C34H39N7O2. The second-order valence-corrected chi connectivity index (χ2v) is 11.5. The van der Waals surface area contributed by atoms with Crippen molar-refractivity contribution in [3.8, 4) is 0 Å². The number of H-pyrrole nitrogens is 1. The maximum atomic E-state index is 13.7. The molecule has 2 aromatic carbocycles. The molecular weight excluding hydrogens is 538 g/mol. The van der Waals surface area contributed by atoms with E-state index in [-0.39, 0.29) is 23.6 Å². The normalized spacial score (nSPS) is 19.4. The SMILES string of the molecule is C=N/C(=C(/C)C=NC(=N)/C=C(/C)NC)c1c[nH]c2c(N3Cc4c(NC(=O)C5CCC(C)CC5)cccc4C3=O)cccc12. The van der Waals surface area contributed by atoms with Gasteiger partial charge in [-0.3, -0.25) is 20.0 Å². The number of allylic oxidation sites excluding steroid dienone is 2. The van der Waals surface area contributed by atoms with Gasteiger partial charge in [0.25, 0.3) is 5.91 Å². The van der Waals surface area contributed by atoms with E-state index in [9.17, 15) is 9.59 Å². The van der Waals surface area contributed by atoms with Crippen molar-refractivity contribution in [2.75, 3.05) is 17.3 Å². The molecule has 9 heteroatoms. The van der Waals surface area contributed by atoms with E-state index in [1.165, 1.54) is 0 Å². The van der Waals surface area contributed by atoms with Crippen LogP contribution in [-0.2, 0) is 11.3 Å². The van der Waals surface area contributed by atoms with E-state index in [1.807, 2.05) is 56.4 Å². The van der Waals surface area contributed by atoms with Crippen LogP contribution in [0.15, 0.2) is 69.9 Å². The number of para-hydroxylation sites is 1. The molecule has 1 aliphatic heterocycles. The molecule has 9 nitrogen and oxygen atoms in total. The van der Waals surface area contributed by atoms with Crippen LogP contribution in [0.25, 0.3) is 16.6 Å². The lowest BCUT2D eigenvalue weighted by Crippen LogP contribution is -2.27. The zero-order valence-electron chi connectivity index (χ0n) is 25.3. The van der Waals surface area contributed by atoms with Gasteiger partial charge in [0, 0.05) is 64.9 Å². The monoisotopic (exact) mass is 577 g/mol. The molecule has 43 heavy (non-hydrogen) atoms. The lowest BCUT2D eigenvalue weighted by atomic mass is 9.82. The summed E-state index contributed by atoms with van der Waals surface area (Å²) >= 11 is 0. The molecule has 1 aromatic heterocycles.